The van der Waals surface area contributed by atoms with Crippen molar-refractivity contribution in [2.75, 3.05) is 26.2 Å². The maximum atomic E-state index is 12.6. The van der Waals surface area contributed by atoms with Gasteiger partial charge in [-0.2, -0.15) is 0 Å². The molecule has 0 aromatic rings. The van der Waals surface area contributed by atoms with E-state index < -0.39 is 27.2 Å². The van der Waals surface area contributed by atoms with Crippen molar-refractivity contribution < 1.29 is 23.1 Å². The summed E-state index contributed by atoms with van der Waals surface area (Å²) in [4.78, 5) is 25.2. The van der Waals surface area contributed by atoms with Crippen LogP contribution in [0.4, 0.5) is 0 Å². The predicted octanol–water partition coefficient (Wildman–Crippen LogP) is 0.514. The molecular formula is C15H24N2O5S. The van der Waals surface area contributed by atoms with Gasteiger partial charge in [0, 0.05) is 32.1 Å². The first-order valence-corrected chi connectivity index (χ1v) is 9.90. The summed E-state index contributed by atoms with van der Waals surface area (Å²) >= 11 is 0. The molecule has 2 saturated heterocycles. The van der Waals surface area contributed by atoms with Crippen molar-refractivity contribution in [1.82, 2.24) is 9.21 Å². The van der Waals surface area contributed by atoms with E-state index >= 15 is 0 Å². The second-order valence-corrected chi connectivity index (χ2v) is 9.10. The molecule has 1 amide bonds. The highest BCUT2D eigenvalue weighted by Gasteiger charge is 2.42. The molecule has 0 bridgehead atoms. The fourth-order valence-corrected chi connectivity index (χ4v) is 5.97. The van der Waals surface area contributed by atoms with Gasteiger partial charge in [-0.25, -0.2) is 12.7 Å². The summed E-state index contributed by atoms with van der Waals surface area (Å²) in [6.45, 7) is 1.90. The minimum absolute atomic E-state index is 0.0622. The molecule has 3 aliphatic rings. The Morgan fingerprint density at radius 3 is 2.22 bits per heavy atom. The van der Waals surface area contributed by atoms with E-state index in [1.807, 2.05) is 0 Å². The number of amides is 1. The summed E-state index contributed by atoms with van der Waals surface area (Å²) in [6, 6.07) is 0. The second-order valence-electron chi connectivity index (χ2n) is 6.89. The number of carboxylic acid groups (broad SMARTS) is 1. The lowest BCUT2D eigenvalue weighted by Gasteiger charge is -2.23. The number of sulfonamides is 1. The molecule has 3 fully saturated rings. The molecule has 8 heteroatoms. The number of aliphatic carboxylic acids is 1. The van der Waals surface area contributed by atoms with E-state index in [0.29, 0.717) is 45.3 Å². The SMILES string of the molecule is O=C(O)[C@@H]1CC[C@H](C(=O)N2CCC(S(=O)(=O)N3CCCC3)C2)C1. The largest absolute Gasteiger partial charge is 0.481 e. The van der Waals surface area contributed by atoms with Gasteiger partial charge >= 0.3 is 5.97 Å². The molecular weight excluding hydrogens is 320 g/mol. The van der Waals surface area contributed by atoms with Gasteiger partial charge in [0.15, 0.2) is 0 Å². The van der Waals surface area contributed by atoms with Crippen LogP contribution in [0.2, 0.25) is 0 Å². The van der Waals surface area contributed by atoms with Crippen LogP contribution in [-0.4, -0.2) is 66.0 Å². The Morgan fingerprint density at radius 1 is 0.957 bits per heavy atom. The molecule has 2 heterocycles. The van der Waals surface area contributed by atoms with Crippen LogP contribution < -0.4 is 0 Å². The zero-order valence-corrected chi connectivity index (χ0v) is 14.0. The molecule has 23 heavy (non-hydrogen) atoms. The molecule has 1 unspecified atom stereocenters. The highest BCUT2D eigenvalue weighted by atomic mass is 32.2. The van der Waals surface area contributed by atoms with Crippen LogP contribution in [-0.2, 0) is 19.6 Å². The smallest absolute Gasteiger partial charge is 0.306 e. The molecule has 3 rings (SSSR count). The van der Waals surface area contributed by atoms with Gasteiger partial charge < -0.3 is 10.0 Å². The van der Waals surface area contributed by atoms with E-state index in [1.54, 1.807) is 9.21 Å². The molecule has 130 valence electrons. The molecule has 0 spiro atoms. The highest BCUT2D eigenvalue weighted by molar-refractivity contribution is 7.89. The lowest BCUT2D eigenvalue weighted by molar-refractivity contribution is -0.141. The standard InChI is InChI=1S/C15H24N2O5S/c18-14(11-3-4-12(9-11)15(19)20)16-8-5-13(10-16)23(21,22)17-6-1-2-7-17/h11-13H,1-10H2,(H,19,20)/t11-,12+,13?/m0/s1. The van der Waals surface area contributed by atoms with Crippen molar-refractivity contribution in [2.24, 2.45) is 11.8 Å². The van der Waals surface area contributed by atoms with Crippen molar-refractivity contribution in [3.63, 3.8) is 0 Å². The normalized spacial score (nSPS) is 32.5. The summed E-state index contributed by atoms with van der Waals surface area (Å²) in [5.41, 5.74) is 0. The summed E-state index contributed by atoms with van der Waals surface area (Å²) in [7, 11) is -3.31. The summed E-state index contributed by atoms with van der Waals surface area (Å²) < 4.78 is 26.7. The quantitative estimate of drug-likeness (QED) is 0.802. The molecule has 3 atom stereocenters. The number of carboxylic acids is 1. The number of hydrogen-bond donors (Lipinski definition) is 1. The third kappa shape index (κ3) is 3.24. The van der Waals surface area contributed by atoms with Crippen molar-refractivity contribution in [2.45, 2.75) is 43.8 Å². The first-order chi connectivity index (χ1) is 10.9. The van der Waals surface area contributed by atoms with E-state index in [9.17, 15) is 18.0 Å². The van der Waals surface area contributed by atoms with Gasteiger partial charge in [-0.05, 0) is 38.5 Å². The Balaban J connectivity index is 1.59. The molecule has 1 saturated carbocycles. The third-order valence-corrected chi connectivity index (χ3v) is 7.75. The van der Waals surface area contributed by atoms with E-state index in [1.165, 1.54) is 0 Å². The minimum atomic E-state index is -3.31. The number of carbonyl (C=O) groups is 2. The summed E-state index contributed by atoms with van der Waals surface area (Å²) in [5.74, 6) is -1.59. The fraction of sp³-hybridized carbons (Fsp3) is 0.867. The van der Waals surface area contributed by atoms with Crippen LogP contribution in [0, 0.1) is 11.8 Å². The topological polar surface area (TPSA) is 95.0 Å². The fourth-order valence-electron chi connectivity index (χ4n) is 4.01. The molecule has 2 aliphatic heterocycles. The molecule has 0 aromatic carbocycles. The van der Waals surface area contributed by atoms with E-state index in [2.05, 4.69) is 0 Å². The van der Waals surface area contributed by atoms with Gasteiger partial charge in [0.25, 0.3) is 0 Å². The molecule has 1 N–H and O–H groups in total. The third-order valence-electron chi connectivity index (χ3n) is 5.43. The number of likely N-dealkylation sites (tertiary alicyclic amines) is 1. The van der Waals surface area contributed by atoms with Gasteiger partial charge in [0.2, 0.25) is 15.9 Å². The first kappa shape index (κ1) is 16.7. The average Bonchev–Trinajstić information content (AvgIpc) is 3.25. The Hall–Kier alpha value is -1.15. The number of hydrogen-bond acceptors (Lipinski definition) is 4. The maximum Gasteiger partial charge on any atom is 0.306 e. The van der Waals surface area contributed by atoms with Gasteiger partial charge in [0.1, 0.15) is 0 Å². The highest BCUT2D eigenvalue weighted by Crippen LogP contribution is 2.34. The monoisotopic (exact) mass is 344 g/mol. The molecule has 1 aliphatic carbocycles. The van der Waals surface area contributed by atoms with E-state index in [4.69, 9.17) is 5.11 Å². The Kier molecular flexibility index (Phi) is 4.64. The molecule has 7 nitrogen and oxygen atoms in total. The van der Waals surface area contributed by atoms with Crippen molar-refractivity contribution in [1.29, 1.82) is 0 Å². The second kappa shape index (κ2) is 6.39. The average molecular weight is 344 g/mol. The summed E-state index contributed by atoms with van der Waals surface area (Å²) in [5, 5.41) is 8.54. The van der Waals surface area contributed by atoms with E-state index in [0.717, 1.165) is 12.8 Å². The van der Waals surface area contributed by atoms with Gasteiger partial charge in [-0.3, -0.25) is 9.59 Å². The maximum absolute atomic E-state index is 12.6. The number of nitrogens with zero attached hydrogens (tertiary/aromatic N) is 2. The number of rotatable bonds is 4. The molecule has 0 aromatic heterocycles. The van der Waals surface area contributed by atoms with Crippen LogP contribution in [0.1, 0.15) is 38.5 Å². The number of carbonyl (C=O) groups excluding carboxylic acids is 1. The first-order valence-electron chi connectivity index (χ1n) is 8.40. The lowest BCUT2D eigenvalue weighted by Crippen LogP contribution is -2.40. The Labute approximate surface area is 136 Å². The predicted molar refractivity (Wildman–Crippen MR) is 83.2 cm³/mol. The van der Waals surface area contributed by atoms with Gasteiger partial charge in [-0.1, -0.05) is 0 Å². The van der Waals surface area contributed by atoms with Gasteiger partial charge in [-0.15, -0.1) is 0 Å². The van der Waals surface area contributed by atoms with Gasteiger partial charge in [0.05, 0.1) is 11.2 Å². The van der Waals surface area contributed by atoms with Crippen molar-refractivity contribution in [3.8, 4) is 0 Å². The van der Waals surface area contributed by atoms with Crippen LogP contribution in [0.15, 0.2) is 0 Å². The van der Waals surface area contributed by atoms with Crippen LogP contribution in [0.5, 0.6) is 0 Å². The zero-order valence-electron chi connectivity index (χ0n) is 13.2. The minimum Gasteiger partial charge on any atom is -0.481 e. The van der Waals surface area contributed by atoms with Crippen molar-refractivity contribution in [3.05, 3.63) is 0 Å². The van der Waals surface area contributed by atoms with Crippen molar-refractivity contribution >= 4 is 21.9 Å². The van der Waals surface area contributed by atoms with Crippen LogP contribution in [0.25, 0.3) is 0 Å². The Morgan fingerprint density at radius 2 is 1.61 bits per heavy atom. The Bertz CT molecular complexity index is 585. The van der Waals surface area contributed by atoms with Crippen LogP contribution in [0.3, 0.4) is 0 Å². The van der Waals surface area contributed by atoms with Crippen LogP contribution >= 0.6 is 0 Å². The van der Waals surface area contributed by atoms with E-state index in [-0.39, 0.29) is 18.4 Å². The molecule has 0 radical (unpaired) electrons. The lowest BCUT2D eigenvalue weighted by atomic mass is 10.0. The zero-order chi connectivity index (χ0) is 16.6. The summed E-state index contributed by atoms with van der Waals surface area (Å²) in [6.07, 6.45) is 3.82.